The molecule has 0 fully saturated rings. The summed E-state index contributed by atoms with van der Waals surface area (Å²) in [5.74, 6) is 1.58. The summed E-state index contributed by atoms with van der Waals surface area (Å²) in [6.07, 6.45) is 0. The molecular weight excluding hydrogens is 188 g/mol. The van der Waals surface area contributed by atoms with E-state index in [2.05, 4.69) is 27.7 Å². The first-order valence-corrected chi connectivity index (χ1v) is 5.45. The lowest BCUT2D eigenvalue weighted by Crippen LogP contribution is -2.13. The third-order valence-corrected chi connectivity index (χ3v) is 2.81. The molecule has 15 heavy (non-hydrogen) atoms. The van der Waals surface area contributed by atoms with Crippen molar-refractivity contribution in [2.75, 3.05) is 0 Å². The number of benzene rings is 1. The fraction of sp³-hybridized carbons (Fsp3) is 0.538. The molecule has 0 bridgehead atoms. The van der Waals surface area contributed by atoms with Gasteiger partial charge in [0.2, 0.25) is 0 Å². The highest BCUT2D eigenvalue weighted by Gasteiger charge is 2.22. The second-order valence-corrected chi connectivity index (χ2v) is 4.76. The van der Waals surface area contributed by atoms with Crippen molar-refractivity contribution in [3.05, 3.63) is 23.8 Å². The zero-order chi connectivity index (χ0) is 11.6. The molecule has 1 rings (SSSR count). The Labute approximate surface area is 91.6 Å². The van der Waals surface area contributed by atoms with Crippen LogP contribution < -0.4 is 0 Å². The van der Waals surface area contributed by atoms with E-state index in [1.807, 2.05) is 6.07 Å². The van der Waals surface area contributed by atoms with Gasteiger partial charge in [0.25, 0.3) is 0 Å². The van der Waals surface area contributed by atoms with Gasteiger partial charge in [-0.15, -0.1) is 0 Å². The summed E-state index contributed by atoms with van der Waals surface area (Å²) in [5.41, 5.74) is 0.929. The summed E-state index contributed by atoms with van der Waals surface area (Å²) in [7, 11) is 0. The van der Waals surface area contributed by atoms with Crippen LogP contribution in [0.2, 0.25) is 0 Å². The molecule has 0 heterocycles. The average molecular weight is 208 g/mol. The fourth-order valence-electron chi connectivity index (χ4n) is 2.30. The Morgan fingerprint density at radius 1 is 0.933 bits per heavy atom. The van der Waals surface area contributed by atoms with Gasteiger partial charge in [0.1, 0.15) is 11.5 Å². The van der Waals surface area contributed by atoms with Gasteiger partial charge in [0.05, 0.1) is 0 Å². The lowest BCUT2D eigenvalue weighted by Gasteiger charge is -2.26. The summed E-state index contributed by atoms with van der Waals surface area (Å²) >= 11 is 0. The molecule has 1 aromatic carbocycles. The number of rotatable bonds is 3. The zero-order valence-corrected chi connectivity index (χ0v) is 9.86. The van der Waals surface area contributed by atoms with Crippen LogP contribution in [0.15, 0.2) is 18.2 Å². The van der Waals surface area contributed by atoms with E-state index >= 15 is 0 Å². The summed E-state index contributed by atoms with van der Waals surface area (Å²) in [5, 5.41) is 19.0. The summed E-state index contributed by atoms with van der Waals surface area (Å²) in [4.78, 5) is 0. The Kier molecular flexibility index (Phi) is 3.61. The predicted molar refractivity (Wildman–Crippen MR) is 62.2 cm³/mol. The first-order valence-electron chi connectivity index (χ1n) is 5.45. The maximum absolute atomic E-state index is 9.80. The van der Waals surface area contributed by atoms with E-state index < -0.39 is 0 Å². The summed E-state index contributed by atoms with van der Waals surface area (Å²) in [6, 6.07) is 4.86. The number of hydrogen-bond donors (Lipinski definition) is 2. The molecule has 0 aromatic heterocycles. The van der Waals surface area contributed by atoms with E-state index in [4.69, 9.17) is 0 Å². The Bertz CT molecular complexity index is 321. The minimum Gasteiger partial charge on any atom is -0.508 e. The van der Waals surface area contributed by atoms with Crippen molar-refractivity contribution in [3.63, 3.8) is 0 Å². The molecule has 2 nitrogen and oxygen atoms in total. The van der Waals surface area contributed by atoms with Crippen molar-refractivity contribution in [3.8, 4) is 11.5 Å². The van der Waals surface area contributed by atoms with Crippen molar-refractivity contribution in [2.45, 2.75) is 33.6 Å². The van der Waals surface area contributed by atoms with Crippen LogP contribution in [0.5, 0.6) is 11.5 Å². The molecule has 0 unspecified atom stereocenters. The minimum atomic E-state index is 0.113. The highest BCUT2D eigenvalue weighted by Crippen LogP contribution is 2.38. The third-order valence-electron chi connectivity index (χ3n) is 2.81. The molecule has 0 aliphatic carbocycles. The van der Waals surface area contributed by atoms with Crippen LogP contribution in [0.4, 0.5) is 0 Å². The van der Waals surface area contributed by atoms with Gasteiger partial charge in [-0.1, -0.05) is 33.8 Å². The molecular formula is C13H20O2. The maximum atomic E-state index is 9.80. The molecule has 0 aliphatic heterocycles. The van der Waals surface area contributed by atoms with Crippen LogP contribution in [-0.2, 0) is 0 Å². The largest absolute Gasteiger partial charge is 0.508 e. The van der Waals surface area contributed by atoms with Gasteiger partial charge in [-0.05, 0) is 29.4 Å². The molecule has 0 saturated carbocycles. The van der Waals surface area contributed by atoms with Gasteiger partial charge >= 0.3 is 0 Å². The molecule has 2 N–H and O–H groups in total. The first-order chi connectivity index (χ1) is 6.93. The highest BCUT2D eigenvalue weighted by molar-refractivity contribution is 5.41. The quantitative estimate of drug-likeness (QED) is 0.798. The Morgan fingerprint density at radius 2 is 1.47 bits per heavy atom. The van der Waals surface area contributed by atoms with E-state index in [-0.39, 0.29) is 11.5 Å². The van der Waals surface area contributed by atoms with Gasteiger partial charge in [0, 0.05) is 6.07 Å². The topological polar surface area (TPSA) is 40.5 Å². The van der Waals surface area contributed by atoms with Gasteiger partial charge in [-0.25, -0.2) is 0 Å². The normalized spacial score (nSPS) is 11.7. The van der Waals surface area contributed by atoms with Crippen LogP contribution >= 0.6 is 0 Å². The van der Waals surface area contributed by atoms with Crippen molar-refractivity contribution in [2.24, 2.45) is 11.8 Å². The molecule has 0 spiro atoms. The first kappa shape index (κ1) is 11.9. The third kappa shape index (κ3) is 2.65. The summed E-state index contributed by atoms with van der Waals surface area (Å²) < 4.78 is 0. The second kappa shape index (κ2) is 4.56. The van der Waals surface area contributed by atoms with Gasteiger partial charge in [0.15, 0.2) is 0 Å². The van der Waals surface area contributed by atoms with Crippen LogP contribution in [0.1, 0.15) is 39.2 Å². The van der Waals surface area contributed by atoms with Crippen LogP contribution in [0.25, 0.3) is 0 Å². The zero-order valence-electron chi connectivity index (χ0n) is 9.86. The standard InChI is InChI=1S/C13H20O2/c1-8(2)13(9(3)4)11-6-5-10(14)7-12(11)15/h5-9,13-15H,1-4H3. The van der Waals surface area contributed by atoms with Crippen molar-refractivity contribution in [1.29, 1.82) is 0 Å². The van der Waals surface area contributed by atoms with Crippen molar-refractivity contribution in [1.82, 2.24) is 0 Å². The number of hydrogen-bond acceptors (Lipinski definition) is 2. The second-order valence-electron chi connectivity index (χ2n) is 4.76. The molecule has 0 saturated heterocycles. The van der Waals surface area contributed by atoms with Crippen LogP contribution in [-0.4, -0.2) is 10.2 Å². The van der Waals surface area contributed by atoms with Crippen LogP contribution in [0.3, 0.4) is 0 Å². The molecule has 0 radical (unpaired) electrons. The molecule has 0 amide bonds. The maximum Gasteiger partial charge on any atom is 0.122 e. The Morgan fingerprint density at radius 3 is 1.87 bits per heavy atom. The lowest BCUT2D eigenvalue weighted by atomic mass is 9.80. The molecule has 0 aliphatic rings. The van der Waals surface area contributed by atoms with Gasteiger partial charge in [-0.3, -0.25) is 0 Å². The monoisotopic (exact) mass is 208 g/mol. The van der Waals surface area contributed by atoms with Crippen molar-refractivity contribution < 1.29 is 10.2 Å². The molecule has 84 valence electrons. The summed E-state index contributed by atoms with van der Waals surface area (Å²) in [6.45, 7) is 8.60. The number of aromatic hydroxyl groups is 2. The van der Waals surface area contributed by atoms with E-state index in [9.17, 15) is 10.2 Å². The van der Waals surface area contributed by atoms with E-state index in [0.717, 1.165) is 5.56 Å². The average Bonchev–Trinajstić information content (AvgIpc) is 2.08. The Hall–Kier alpha value is -1.18. The van der Waals surface area contributed by atoms with E-state index in [1.165, 1.54) is 6.07 Å². The minimum absolute atomic E-state index is 0.113. The Balaban J connectivity index is 3.12. The molecule has 0 atom stereocenters. The predicted octanol–water partition coefficient (Wildman–Crippen LogP) is 3.49. The van der Waals surface area contributed by atoms with E-state index in [1.54, 1.807) is 6.07 Å². The SMILES string of the molecule is CC(C)C(c1ccc(O)cc1O)C(C)C. The van der Waals surface area contributed by atoms with E-state index in [0.29, 0.717) is 17.8 Å². The van der Waals surface area contributed by atoms with Crippen molar-refractivity contribution >= 4 is 0 Å². The van der Waals surface area contributed by atoms with Gasteiger partial charge in [-0.2, -0.15) is 0 Å². The van der Waals surface area contributed by atoms with Crippen LogP contribution in [0, 0.1) is 11.8 Å². The molecule has 2 heteroatoms. The van der Waals surface area contributed by atoms with Gasteiger partial charge < -0.3 is 10.2 Å². The fourth-order valence-corrected chi connectivity index (χ4v) is 2.30. The smallest absolute Gasteiger partial charge is 0.122 e. The highest BCUT2D eigenvalue weighted by atomic mass is 16.3. The number of phenols is 2. The number of phenolic OH excluding ortho intramolecular Hbond substituents is 2. The lowest BCUT2D eigenvalue weighted by molar-refractivity contribution is 0.366. The molecule has 1 aromatic rings.